The van der Waals surface area contributed by atoms with Crippen molar-refractivity contribution in [3.05, 3.63) is 83.4 Å². The zero-order valence-corrected chi connectivity index (χ0v) is 14.1. The van der Waals surface area contributed by atoms with Gasteiger partial charge in [0.25, 0.3) is 5.91 Å². The number of allylic oxidation sites excluding steroid dienone is 1. The van der Waals surface area contributed by atoms with Crippen LogP contribution in [0.5, 0.6) is 0 Å². The van der Waals surface area contributed by atoms with E-state index in [4.69, 9.17) is 4.74 Å². The van der Waals surface area contributed by atoms with Crippen molar-refractivity contribution in [3.8, 4) is 0 Å². The van der Waals surface area contributed by atoms with Gasteiger partial charge in [0.15, 0.2) is 11.9 Å². The number of fused-ring (bicyclic) bond motifs is 1. The van der Waals surface area contributed by atoms with Gasteiger partial charge in [0.2, 0.25) is 0 Å². The molecule has 5 heteroatoms. The van der Waals surface area contributed by atoms with Crippen LogP contribution >= 0.6 is 0 Å². The van der Waals surface area contributed by atoms with Crippen LogP contribution in [0.1, 0.15) is 29.2 Å². The summed E-state index contributed by atoms with van der Waals surface area (Å²) < 4.78 is 18.8. The number of carbonyl (C=O) groups excluding carboxylic acids is 2. The van der Waals surface area contributed by atoms with Crippen molar-refractivity contribution in [1.82, 2.24) is 4.90 Å². The molecule has 26 heavy (non-hydrogen) atoms. The molecule has 0 aliphatic carbocycles. The number of benzene rings is 2. The van der Waals surface area contributed by atoms with Crippen LogP contribution < -0.4 is 0 Å². The van der Waals surface area contributed by atoms with Crippen LogP contribution in [-0.4, -0.2) is 29.2 Å². The first-order valence-corrected chi connectivity index (χ1v) is 8.62. The van der Waals surface area contributed by atoms with E-state index in [9.17, 15) is 14.0 Å². The average molecular weight is 351 g/mol. The van der Waals surface area contributed by atoms with Crippen molar-refractivity contribution in [2.24, 2.45) is 0 Å². The number of halogens is 1. The second kappa shape index (κ2) is 6.75. The minimum atomic E-state index is -0.805. The van der Waals surface area contributed by atoms with Crippen LogP contribution in [0, 0.1) is 5.82 Å². The minimum Gasteiger partial charge on any atom is -0.488 e. The quantitative estimate of drug-likeness (QED) is 0.835. The number of carbonyl (C=O) groups is 2. The van der Waals surface area contributed by atoms with Crippen molar-refractivity contribution in [1.29, 1.82) is 0 Å². The van der Waals surface area contributed by atoms with Gasteiger partial charge in [-0.25, -0.2) is 4.39 Å². The highest BCUT2D eigenvalue weighted by molar-refractivity contribution is 5.95. The molecule has 2 aromatic carbocycles. The standard InChI is InChI=1S/C21H18FNO3/c22-16-7-5-15(6-8-16)20-18-4-2-1-3-14(18)9-11-23(20)21(25)19-13-17(24)10-12-26-19/h1-8,10,12,19-20H,9,11,13H2/t19?,20-/m0/s1. The predicted octanol–water partition coefficient (Wildman–Crippen LogP) is 3.17. The van der Waals surface area contributed by atoms with Gasteiger partial charge in [-0.3, -0.25) is 9.59 Å². The second-order valence-electron chi connectivity index (χ2n) is 6.53. The Balaban J connectivity index is 1.73. The van der Waals surface area contributed by atoms with Crippen LogP contribution in [0.4, 0.5) is 4.39 Å². The average Bonchev–Trinajstić information content (AvgIpc) is 2.67. The summed E-state index contributed by atoms with van der Waals surface area (Å²) >= 11 is 0. The fourth-order valence-corrected chi connectivity index (χ4v) is 3.65. The van der Waals surface area contributed by atoms with E-state index in [1.807, 2.05) is 18.2 Å². The molecule has 0 spiro atoms. The van der Waals surface area contributed by atoms with Gasteiger partial charge in [-0.05, 0) is 35.2 Å². The molecule has 2 atom stereocenters. The maximum atomic E-state index is 13.4. The number of hydrogen-bond donors (Lipinski definition) is 0. The van der Waals surface area contributed by atoms with Crippen LogP contribution in [0.15, 0.2) is 60.9 Å². The zero-order chi connectivity index (χ0) is 18.1. The molecule has 2 heterocycles. The van der Waals surface area contributed by atoms with Crippen molar-refractivity contribution in [3.63, 3.8) is 0 Å². The molecule has 0 radical (unpaired) electrons. The lowest BCUT2D eigenvalue weighted by Crippen LogP contribution is -2.47. The molecule has 0 bridgehead atoms. The topological polar surface area (TPSA) is 46.6 Å². The summed E-state index contributed by atoms with van der Waals surface area (Å²) in [4.78, 5) is 26.5. The molecule has 2 aliphatic rings. The van der Waals surface area contributed by atoms with Crippen LogP contribution in [0.2, 0.25) is 0 Å². The molecule has 2 aliphatic heterocycles. The lowest BCUT2D eigenvalue weighted by molar-refractivity contribution is -0.145. The number of amides is 1. The summed E-state index contributed by atoms with van der Waals surface area (Å²) in [6, 6.07) is 13.9. The lowest BCUT2D eigenvalue weighted by Gasteiger charge is -2.39. The summed E-state index contributed by atoms with van der Waals surface area (Å²) in [6.07, 6.45) is 2.60. The Morgan fingerprint density at radius 3 is 2.65 bits per heavy atom. The lowest BCUT2D eigenvalue weighted by atomic mass is 9.87. The monoisotopic (exact) mass is 351 g/mol. The summed E-state index contributed by atoms with van der Waals surface area (Å²) in [7, 11) is 0. The Kier molecular flexibility index (Phi) is 4.29. The maximum Gasteiger partial charge on any atom is 0.264 e. The van der Waals surface area contributed by atoms with E-state index in [-0.39, 0.29) is 30.0 Å². The fourth-order valence-electron chi connectivity index (χ4n) is 3.65. The molecule has 4 rings (SSSR count). The highest BCUT2D eigenvalue weighted by Crippen LogP contribution is 2.36. The summed E-state index contributed by atoms with van der Waals surface area (Å²) in [5.41, 5.74) is 3.03. The normalized spacial score (nSPS) is 21.9. The van der Waals surface area contributed by atoms with Crippen LogP contribution in [-0.2, 0) is 20.7 Å². The highest BCUT2D eigenvalue weighted by Gasteiger charge is 2.37. The molecule has 132 valence electrons. The van der Waals surface area contributed by atoms with Crippen molar-refractivity contribution < 1.29 is 18.7 Å². The van der Waals surface area contributed by atoms with Gasteiger partial charge < -0.3 is 9.64 Å². The van der Waals surface area contributed by atoms with Gasteiger partial charge in [-0.1, -0.05) is 36.4 Å². The first-order valence-electron chi connectivity index (χ1n) is 8.62. The minimum absolute atomic E-state index is 0.0453. The first-order chi connectivity index (χ1) is 12.6. The third-order valence-electron chi connectivity index (χ3n) is 4.91. The number of nitrogens with zero attached hydrogens (tertiary/aromatic N) is 1. The van der Waals surface area contributed by atoms with Crippen molar-refractivity contribution in [2.45, 2.75) is 25.0 Å². The van der Waals surface area contributed by atoms with Gasteiger partial charge in [0, 0.05) is 12.6 Å². The van der Waals surface area contributed by atoms with E-state index >= 15 is 0 Å². The molecule has 0 saturated carbocycles. The third-order valence-corrected chi connectivity index (χ3v) is 4.91. The van der Waals surface area contributed by atoms with E-state index in [0.29, 0.717) is 6.54 Å². The van der Waals surface area contributed by atoms with E-state index in [0.717, 1.165) is 17.5 Å². The molecule has 2 aromatic rings. The summed E-state index contributed by atoms with van der Waals surface area (Å²) in [5, 5.41) is 0. The van der Waals surface area contributed by atoms with E-state index in [2.05, 4.69) is 6.07 Å². The Labute approximate surface area is 150 Å². The Morgan fingerprint density at radius 2 is 1.88 bits per heavy atom. The first kappa shape index (κ1) is 16.5. The number of hydrogen-bond acceptors (Lipinski definition) is 3. The number of ketones is 1. The predicted molar refractivity (Wildman–Crippen MR) is 93.7 cm³/mol. The molecule has 0 saturated heterocycles. The Morgan fingerprint density at radius 1 is 1.12 bits per heavy atom. The van der Waals surface area contributed by atoms with Gasteiger partial charge in [-0.2, -0.15) is 0 Å². The molecule has 4 nitrogen and oxygen atoms in total. The van der Waals surface area contributed by atoms with Gasteiger partial charge in [0.05, 0.1) is 18.7 Å². The third kappa shape index (κ3) is 3.01. The van der Waals surface area contributed by atoms with Gasteiger partial charge in [0.1, 0.15) is 5.82 Å². The summed E-state index contributed by atoms with van der Waals surface area (Å²) in [6.45, 7) is 0.523. The van der Waals surface area contributed by atoms with Gasteiger partial charge >= 0.3 is 0 Å². The molecular weight excluding hydrogens is 333 g/mol. The van der Waals surface area contributed by atoms with Gasteiger partial charge in [-0.15, -0.1) is 0 Å². The smallest absolute Gasteiger partial charge is 0.264 e. The molecule has 1 unspecified atom stereocenters. The van der Waals surface area contributed by atoms with E-state index in [1.54, 1.807) is 17.0 Å². The molecule has 0 aromatic heterocycles. The molecule has 0 fully saturated rings. The van der Waals surface area contributed by atoms with Crippen molar-refractivity contribution in [2.75, 3.05) is 6.54 Å². The van der Waals surface area contributed by atoms with Crippen LogP contribution in [0.25, 0.3) is 0 Å². The Hall–Kier alpha value is -2.95. The molecule has 0 N–H and O–H groups in total. The van der Waals surface area contributed by atoms with Crippen LogP contribution in [0.3, 0.4) is 0 Å². The highest BCUT2D eigenvalue weighted by atomic mass is 19.1. The second-order valence-corrected chi connectivity index (χ2v) is 6.53. The molecule has 1 amide bonds. The maximum absolute atomic E-state index is 13.4. The molecular formula is C21H18FNO3. The largest absolute Gasteiger partial charge is 0.488 e. The fraction of sp³-hybridized carbons (Fsp3) is 0.238. The zero-order valence-electron chi connectivity index (χ0n) is 14.1. The van der Waals surface area contributed by atoms with E-state index in [1.165, 1.54) is 30.0 Å². The number of ether oxygens (including phenoxy) is 1. The SMILES string of the molecule is O=C1C=COC(C(=O)N2CCc3ccccc3[C@@H]2c2ccc(F)cc2)C1. The summed E-state index contributed by atoms with van der Waals surface area (Å²) in [5.74, 6) is -0.654. The Bertz CT molecular complexity index is 875. The van der Waals surface area contributed by atoms with E-state index < -0.39 is 6.10 Å². The van der Waals surface area contributed by atoms with Crippen molar-refractivity contribution >= 4 is 11.7 Å². The number of rotatable bonds is 2.